The van der Waals surface area contributed by atoms with E-state index in [1.807, 2.05) is 44.2 Å². The van der Waals surface area contributed by atoms with E-state index >= 15 is 0 Å². The molecule has 0 bridgehead atoms. The van der Waals surface area contributed by atoms with Crippen molar-refractivity contribution in [3.05, 3.63) is 74.0 Å². The van der Waals surface area contributed by atoms with E-state index in [0.29, 0.717) is 28.4 Å². The molecule has 0 saturated carbocycles. The number of anilines is 1. The first-order chi connectivity index (χ1) is 16.4. The molecule has 172 valence electrons. The van der Waals surface area contributed by atoms with Gasteiger partial charge in [0.05, 0.1) is 25.5 Å². The van der Waals surface area contributed by atoms with Crippen LogP contribution in [0.2, 0.25) is 0 Å². The summed E-state index contributed by atoms with van der Waals surface area (Å²) in [5.41, 5.74) is 12.0. The zero-order valence-electron chi connectivity index (χ0n) is 19.2. The number of hydrogen-bond acceptors (Lipinski definition) is 8. The van der Waals surface area contributed by atoms with Gasteiger partial charge in [-0.1, -0.05) is 29.0 Å². The minimum absolute atomic E-state index is 0.256. The van der Waals surface area contributed by atoms with Gasteiger partial charge in [0, 0.05) is 23.3 Å². The summed E-state index contributed by atoms with van der Waals surface area (Å²) in [6, 6.07) is 11.8. The summed E-state index contributed by atoms with van der Waals surface area (Å²) in [4.78, 5) is 22.2. The second-order valence-electron chi connectivity index (χ2n) is 8.05. The lowest BCUT2D eigenvalue weighted by Gasteiger charge is -2.08. The van der Waals surface area contributed by atoms with Crippen LogP contribution < -0.4 is 20.8 Å². The first-order valence-electron chi connectivity index (χ1n) is 10.7. The molecule has 0 aliphatic carbocycles. The molecule has 2 N–H and O–H groups in total. The van der Waals surface area contributed by atoms with Gasteiger partial charge in [0.1, 0.15) is 10.8 Å². The van der Waals surface area contributed by atoms with Crippen molar-refractivity contribution in [2.75, 3.05) is 20.0 Å². The lowest BCUT2D eigenvalue weighted by molar-refractivity contribution is 0.354. The molecular formula is C25H23N5O3S. The minimum Gasteiger partial charge on any atom is -0.493 e. The van der Waals surface area contributed by atoms with Crippen molar-refractivity contribution in [2.45, 2.75) is 20.3 Å². The molecule has 0 fully saturated rings. The summed E-state index contributed by atoms with van der Waals surface area (Å²) in [7, 11) is 3.20. The number of fused-ring (bicyclic) bond motifs is 2. The van der Waals surface area contributed by atoms with Crippen molar-refractivity contribution in [1.82, 2.24) is 14.6 Å². The third kappa shape index (κ3) is 3.73. The zero-order chi connectivity index (χ0) is 24.0. The molecule has 1 aliphatic heterocycles. The third-order valence-electron chi connectivity index (χ3n) is 5.75. The Morgan fingerprint density at radius 1 is 1.09 bits per heavy atom. The lowest BCUT2D eigenvalue weighted by atomic mass is 9.99. The van der Waals surface area contributed by atoms with Crippen LogP contribution in [0.4, 0.5) is 11.5 Å². The maximum absolute atomic E-state index is 12.9. The number of nitrogen functional groups attached to an aromatic ring is 1. The Kier molecular flexibility index (Phi) is 5.41. The van der Waals surface area contributed by atoms with Gasteiger partial charge in [-0.05, 0) is 49.8 Å². The van der Waals surface area contributed by atoms with E-state index in [1.54, 1.807) is 20.3 Å². The number of methoxy groups -OCH3 is 2. The van der Waals surface area contributed by atoms with Gasteiger partial charge in [0.15, 0.2) is 11.5 Å². The number of aromatic nitrogens is 3. The summed E-state index contributed by atoms with van der Waals surface area (Å²) in [5, 5.41) is 5.41. The molecule has 9 heteroatoms. The van der Waals surface area contributed by atoms with Crippen LogP contribution in [0.15, 0.2) is 46.2 Å². The Balaban J connectivity index is 1.55. The number of benzene rings is 2. The highest BCUT2D eigenvalue weighted by molar-refractivity contribution is 7.16. The molecule has 0 saturated heterocycles. The Labute approximate surface area is 200 Å². The smallest absolute Gasteiger partial charge is 0.283 e. The van der Waals surface area contributed by atoms with Crippen molar-refractivity contribution in [3.8, 4) is 11.5 Å². The highest BCUT2D eigenvalue weighted by Gasteiger charge is 2.21. The topological polar surface area (TPSA) is 104 Å². The number of rotatable bonds is 5. The van der Waals surface area contributed by atoms with Crippen molar-refractivity contribution >= 4 is 45.2 Å². The predicted octanol–water partition coefficient (Wildman–Crippen LogP) is 4.30. The predicted molar refractivity (Wildman–Crippen MR) is 136 cm³/mol. The molecule has 0 unspecified atom stereocenters. The molecule has 0 radical (unpaired) electrons. The van der Waals surface area contributed by atoms with Crippen molar-refractivity contribution in [3.63, 3.8) is 0 Å². The van der Waals surface area contributed by atoms with E-state index in [9.17, 15) is 4.79 Å². The number of nitrogens with two attached hydrogens (primary N) is 1. The molecule has 1 aliphatic rings. The highest BCUT2D eigenvalue weighted by Crippen LogP contribution is 2.37. The van der Waals surface area contributed by atoms with Gasteiger partial charge in [0.25, 0.3) is 5.56 Å². The van der Waals surface area contributed by atoms with Crippen LogP contribution in [-0.2, 0) is 6.42 Å². The molecule has 0 amide bonds. The molecule has 8 nitrogen and oxygen atoms in total. The van der Waals surface area contributed by atoms with E-state index < -0.39 is 0 Å². The SMILES string of the molecule is COc1ccc(Cc2nn3c(N)c(C=C4C(C)=Nc5ccc(C)cc54)c(=O)nc3s2)cc1OC. The van der Waals surface area contributed by atoms with Crippen LogP contribution in [0.1, 0.15) is 34.2 Å². The van der Waals surface area contributed by atoms with E-state index in [0.717, 1.165) is 38.7 Å². The van der Waals surface area contributed by atoms with Crippen LogP contribution in [0, 0.1) is 6.92 Å². The Morgan fingerprint density at radius 3 is 2.65 bits per heavy atom. The normalized spacial score (nSPS) is 13.9. The Hall–Kier alpha value is -3.98. The number of nitrogens with zero attached hydrogens (tertiary/aromatic N) is 4. The molecule has 0 spiro atoms. The zero-order valence-corrected chi connectivity index (χ0v) is 20.1. The second kappa shape index (κ2) is 8.42. The maximum Gasteiger partial charge on any atom is 0.283 e. The fourth-order valence-corrected chi connectivity index (χ4v) is 4.95. The van der Waals surface area contributed by atoms with Crippen LogP contribution >= 0.6 is 11.3 Å². The van der Waals surface area contributed by atoms with Crippen molar-refractivity contribution in [2.24, 2.45) is 4.99 Å². The molecule has 2 aromatic carbocycles. The van der Waals surface area contributed by atoms with Gasteiger partial charge in [0.2, 0.25) is 4.96 Å². The van der Waals surface area contributed by atoms with Crippen LogP contribution in [0.25, 0.3) is 16.6 Å². The maximum atomic E-state index is 12.9. The fraction of sp³-hybridized carbons (Fsp3) is 0.200. The summed E-state index contributed by atoms with van der Waals surface area (Å²) in [6.45, 7) is 3.95. The largest absolute Gasteiger partial charge is 0.493 e. The first-order valence-corrected chi connectivity index (χ1v) is 11.5. The van der Waals surface area contributed by atoms with Gasteiger partial charge in [-0.15, -0.1) is 0 Å². The highest BCUT2D eigenvalue weighted by atomic mass is 32.1. The van der Waals surface area contributed by atoms with E-state index in [1.165, 1.54) is 15.9 Å². The molecule has 3 heterocycles. The number of ether oxygens (including phenoxy) is 2. The quantitative estimate of drug-likeness (QED) is 0.464. The average Bonchev–Trinajstić information content (AvgIpc) is 3.36. The molecule has 4 aromatic rings. The van der Waals surface area contributed by atoms with E-state index in [4.69, 9.17) is 15.2 Å². The van der Waals surface area contributed by atoms with Gasteiger partial charge in [-0.25, -0.2) is 0 Å². The van der Waals surface area contributed by atoms with Gasteiger partial charge >= 0.3 is 0 Å². The summed E-state index contributed by atoms with van der Waals surface area (Å²) in [6.07, 6.45) is 2.31. The first kappa shape index (κ1) is 21.8. The summed E-state index contributed by atoms with van der Waals surface area (Å²) >= 11 is 1.33. The number of allylic oxidation sites excluding steroid dienone is 1. The van der Waals surface area contributed by atoms with E-state index in [-0.39, 0.29) is 11.4 Å². The number of hydrogen-bond donors (Lipinski definition) is 1. The number of aliphatic imine (C=N–C) groups is 1. The second-order valence-corrected chi connectivity index (χ2v) is 9.09. The number of aryl methyl sites for hydroxylation is 1. The molecule has 2 aromatic heterocycles. The summed E-state index contributed by atoms with van der Waals surface area (Å²) in [5.74, 6) is 1.56. The van der Waals surface area contributed by atoms with Crippen LogP contribution in [0.3, 0.4) is 0 Å². The molecule has 0 atom stereocenters. The van der Waals surface area contributed by atoms with E-state index in [2.05, 4.69) is 21.1 Å². The molecule has 34 heavy (non-hydrogen) atoms. The molecule has 5 rings (SSSR count). The third-order valence-corrected chi connectivity index (χ3v) is 6.65. The van der Waals surface area contributed by atoms with Crippen LogP contribution in [-0.4, -0.2) is 34.5 Å². The van der Waals surface area contributed by atoms with Crippen molar-refractivity contribution < 1.29 is 9.47 Å². The van der Waals surface area contributed by atoms with Gasteiger partial charge in [-0.3, -0.25) is 9.79 Å². The van der Waals surface area contributed by atoms with Crippen LogP contribution in [0.5, 0.6) is 11.5 Å². The monoisotopic (exact) mass is 473 g/mol. The summed E-state index contributed by atoms with van der Waals surface area (Å²) < 4.78 is 12.2. The molecular weight excluding hydrogens is 450 g/mol. The Morgan fingerprint density at radius 2 is 1.88 bits per heavy atom. The standard InChI is InChI=1S/C25H23N5O3S/c1-13-5-7-19-17(9-13)16(14(2)27-19)12-18-23(26)30-25(28-24(18)31)34-22(29-30)11-15-6-8-20(32-3)21(10-15)33-4/h5-10,12H,11,26H2,1-4H3. The minimum atomic E-state index is -0.389. The van der Waals surface area contributed by atoms with Crippen molar-refractivity contribution in [1.29, 1.82) is 0 Å². The van der Waals surface area contributed by atoms with Gasteiger partial charge < -0.3 is 15.2 Å². The Bertz CT molecular complexity index is 1570. The van der Waals surface area contributed by atoms with Gasteiger partial charge in [-0.2, -0.15) is 14.6 Å². The average molecular weight is 474 g/mol. The lowest BCUT2D eigenvalue weighted by Crippen LogP contribution is -2.17. The fourth-order valence-electron chi connectivity index (χ4n) is 4.02.